The molecule has 0 saturated heterocycles. The molecule has 1 heterocycles. The third kappa shape index (κ3) is 4.97. The number of hydrogen-bond acceptors (Lipinski definition) is 6. The quantitative estimate of drug-likeness (QED) is 0.136. The Morgan fingerprint density at radius 3 is 2.47 bits per heavy atom. The molecule has 0 fully saturated rings. The molecular weight excluding hydrogens is 510 g/mol. The number of aldehydes is 1. The van der Waals surface area contributed by atoms with Gasteiger partial charge < -0.3 is 15.3 Å². The molecule has 3 aromatic carbocycles. The van der Waals surface area contributed by atoms with Crippen molar-refractivity contribution in [3.05, 3.63) is 71.6 Å². The molecule has 3 N–H and O–H groups in total. The van der Waals surface area contributed by atoms with Crippen molar-refractivity contribution in [1.29, 1.82) is 0 Å². The number of aromatic hydroxyl groups is 1. The van der Waals surface area contributed by atoms with Crippen LogP contribution in [0.1, 0.15) is 35.6 Å². The Labute approximate surface area is 221 Å². The van der Waals surface area contributed by atoms with Crippen molar-refractivity contribution in [2.75, 3.05) is 20.4 Å². The third-order valence-electron chi connectivity index (χ3n) is 6.58. The molecule has 0 aliphatic rings. The number of para-hydroxylation sites is 1. The topological polar surface area (TPSA) is 98.8 Å². The number of fused-ring (bicyclic) bond motifs is 1. The second-order valence-electron chi connectivity index (χ2n) is 9.24. The van der Waals surface area contributed by atoms with E-state index in [4.69, 9.17) is 7.85 Å². The number of halogens is 2. The monoisotopic (exact) mass is 537 g/mol. The van der Waals surface area contributed by atoms with Crippen LogP contribution in [0, 0.1) is 11.6 Å². The van der Waals surface area contributed by atoms with Gasteiger partial charge in [-0.25, -0.2) is 13.8 Å². The van der Waals surface area contributed by atoms with Crippen LogP contribution in [0.25, 0.3) is 27.8 Å². The lowest BCUT2D eigenvalue weighted by Crippen LogP contribution is -2.49. The number of nitrogens with zero attached hydrogens (tertiary/aromatic N) is 3. The van der Waals surface area contributed by atoms with Crippen LogP contribution in [0.4, 0.5) is 8.78 Å². The van der Waals surface area contributed by atoms with Crippen molar-refractivity contribution in [1.82, 2.24) is 14.5 Å². The minimum atomic E-state index is -2.69. The number of carbonyl (C=O) groups is 1. The number of imidazole rings is 1. The standard InChI is InChI=1S/C27H27BF2N3O4P/c1-5-21(32(2)27(28,36)37)26-31-20-10-9-15(17-12-19(30)24(38(3)4)13-18(17)29)11-22(20)33(26)25-16(14-34)7-6-8-23(25)35/h6-14,21,35-37H,5H2,1-4H3. The summed E-state index contributed by atoms with van der Waals surface area (Å²) in [6, 6.07) is 10.8. The second-order valence-corrected chi connectivity index (χ2v) is 11.5. The Morgan fingerprint density at radius 2 is 1.87 bits per heavy atom. The van der Waals surface area contributed by atoms with Gasteiger partial charge in [0.1, 0.15) is 23.2 Å². The third-order valence-corrected chi connectivity index (χ3v) is 7.88. The Balaban J connectivity index is 2.06. The average molecular weight is 537 g/mol. The summed E-state index contributed by atoms with van der Waals surface area (Å²) in [6.45, 7) is 5.46. The molecule has 38 heavy (non-hydrogen) atoms. The van der Waals surface area contributed by atoms with E-state index < -0.39 is 31.4 Å². The maximum Gasteiger partial charge on any atom is 0.178 e. The molecule has 4 rings (SSSR count). The summed E-state index contributed by atoms with van der Waals surface area (Å²) in [5.41, 5.74) is 1.44. The van der Waals surface area contributed by atoms with Crippen LogP contribution in [-0.2, 0) is 0 Å². The molecule has 0 aliphatic carbocycles. The van der Waals surface area contributed by atoms with Gasteiger partial charge in [-0.3, -0.25) is 14.3 Å². The number of hydrogen-bond donors (Lipinski definition) is 3. The molecule has 0 amide bonds. The summed E-state index contributed by atoms with van der Waals surface area (Å²) < 4.78 is 31.5. The molecule has 0 saturated carbocycles. The maximum absolute atomic E-state index is 15.2. The van der Waals surface area contributed by atoms with Crippen LogP contribution in [0.2, 0.25) is 0 Å². The lowest BCUT2D eigenvalue weighted by atomic mass is 9.99. The number of rotatable bonds is 8. The van der Waals surface area contributed by atoms with Gasteiger partial charge in [0.15, 0.2) is 19.9 Å². The highest BCUT2D eigenvalue weighted by molar-refractivity contribution is 7.64. The number of carbonyl (C=O) groups excluding carboxylic acids is 1. The fourth-order valence-electron chi connectivity index (χ4n) is 4.57. The van der Waals surface area contributed by atoms with Crippen LogP contribution in [0.5, 0.6) is 5.75 Å². The average Bonchev–Trinajstić information content (AvgIpc) is 3.22. The summed E-state index contributed by atoms with van der Waals surface area (Å²) in [7, 11) is 6.08. The highest BCUT2D eigenvalue weighted by atomic mass is 31.1. The predicted molar refractivity (Wildman–Crippen MR) is 146 cm³/mol. The summed E-state index contributed by atoms with van der Waals surface area (Å²) in [5.74, 6) is -3.77. The highest BCUT2D eigenvalue weighted by Gasteiger charge is 2.33. The van der Waals surface area contributed by atoms with Gasteiger partial charge in [-0.05, 0) is 68.8 Å². The van der Waals surface area contributed by atoms with Gasteiger partial charge in [0, 0.05) is 16.4 Å². The van der Waals surface area contributed by atoms with E-state index in [1.54, 1.807) is 25.1 Å². The van der Waals surface area contributed by atoms with Gasteiger partial charge in [0.25, 0.3) is 0 Å². The number of benzene rings is 3. The zero-order valence-corrected chi connectivity index (χ0v) is 22.2. The molecule has 1 aromatic heterocycles. The molecule has 2 radical (unpaired) electrons. The first-order valence-corrected chi connectivity index (χ1v) is 14.1. The van der Waals surface area contributed by atoms with Crippen molar-refractivity contribution >= 4 is 38.4 Å². The van der Waals surface area contributed by atoms with E-state index in [1.165, 1.54) is 35.9 Å². The van der Waals surface area contributed by atoms with Gasteiger partial charge >= 0.3 is 0 Å². The van der Waals surface area contributed by atoms with Crippen LogP contribution in [-0.4, -0.2) is 70.1 Å². The van der Waals surface area contributed by atoms with Crippen LogP contribution < -0.4 is 5.30 Å². The number of phenols is 1. The molecule has 196 valence electrons. The van der Waals surface area contributed by atoms with E-state index in [0.29, 0.717) is 34.6 Å². The number of aromatic nitrogens is 2. The first-order chi connectivity index (χ1) is 17.9. The van der Waals surface area contributed by atoms with Gasteiger partial charge in [0.2, 0.25) is 0 Å². The summed E-state index contributed by atoms with van der Waals surface area (Å²) in [4.78, 5) is 17.7. The van der Waals surface area contributed by atoms with Crippen LogP contribution in [0.3, 0.4) is 0 Å². The summed E-state index contributed by atoms with van der Waals surface area (Å²) in [5, 5.41) is 31.3. The molecule has 1 atom stereocenters. The van der Waals surface area contributed by atoms with E-state index in [0.717, 1.165) is 11.0 Å². The molecular formula is C27H27BF2N3O4P. The minimum Gasteiger partial charge on any atom is -0.506 e. The summed E-state index contributed by atoms with van der Waals surface area (Å²) >= 11 is 0. The van der Waals surface area contributed by atoms with Crippen molar-refractivity contribution in [3.8, 4) is 22.6 Å². The van der Waals surface area contributed by atoms with Gasteiger partial charge in [0.05, 0.1) is 22.8 Å². The maximum atomic E-state index is 15.2. The van der Waals surface area contributed by atoms with E-state index in [-0.39, 0.29) is 28.4 Å². The fourth-order valence-corrected chi connectivity index (χ4v) is 5.43. The molecule has 0 aliphatic heterocycles. The Hall–Kier alpha value is -3.17. The van der Waals surface area contributed by atoms with Gasteiger partial charge in [-0.15, -0.1) is 0 Å². The normalized spacial score (nSPS) is 13.0. The SMILES string of the molecule is [B]C(O)(O)N(C)C(CC)c1nc2ccc(-c3cc(F)c(P(C)C)cc3F)cc2n1-c1c(O)cccc1C=O. The molecule has 1 unspecified atom stereocenters. The molecule has 0 bridgehead atoms. The lowest BCUT2D eigenvalue weighted by molar-refractivity contribution is -0.203. The minimum absolute atomic E-state index is 0.0445. The molecule has 0 spiro atoms. The second kappa shape index (κ2) is 10.5. The molecule has 11 heteroatoms. The molecule has 4 aromatic rings. The zero-order chi connectivity index (χ0) is 27.9. The lowest BCUT2D eigenvalue weighted by Gasteiger charge is -2.36. The van der Waals surface area contributed by atoms with Crippen LogP contribution in [0.15, 0.2) is 48.5 Å². The zero-order valence-electron chi connectivity index (χ0n) is 21.4. The van der Waals surface area contributed by atoms with Gasteiger partial charge in [-0.1, -0.05) is 27.0 Å². The Bertz CT molecular complexity index is 1520. The van der Waals surface area contributed by atoms with Crippen molar-refractivity contribution < 1.29 is 28.9 Å². The van der Waals surface area contributed by atoms with E-state index in [1.807, 2.05) is 13.3 Å². The fraction of sp³-hybridized carbons (Fsp3) is 0.259. The predicted octanol–water partition coefficient (Wildman–Crippen LogP) is 4.00. The van der Waals surface area contributed by atoms with Gasteiger partial charge in [-0.2, -0.15) is 0 Å². The van der Waals surface area contributed by atoms with E-state index in [9.17, 15) is 24.5 Å². The van der Waals surface area contributed by atoms with Crippen molar-refractivity contribution in [2.45, 2.75) is 25.2 Å². The highest BCUT2D eigenvalue weighted by Crippen LogP contribution is 2.38. The smallest absolute Gasteiger partial charge is 0.178 e. The number of aliphatic hydroxyl groups is 2. The van der Waals surface area contributed by atoms with E-state index >= 15 is 4.39 Å². The number of phenolic OH excluding ortho intramolecular Hbond substituents is 1. The first-order valence-electron chi connectivity index (χ1n) is 11.8. The van der Waals surface area contributed by atoms with Crippen molar-refractivity contribution in [3.63, 3.8) is 0 Å². The largest absolute Gasteiger partial charge is 0.506 e. The molecule has 7 nitrogen and oxygen atoms in total. The summed E-state index contributed by atoms with van der Waals surface area (Å²) in [6.07, 6.45) is 0.890. The Kier molecular flexibility index (Phi) is 7.73. The Morgan fingerprint density at radius 1 is 1.16 bits per heavy atom. The van der Waals surface area contributed by atoms with Crippen LogP contribution >= 0.6 is 7.92 Å². The van der Waals surface area contributed by atoms with E-state index in [2.05, 4.69) is 4.98 Å². The van der Waals surface area contributed by atoms with Crippen molar-refractivity contribution in [2.24, 2.45) is 0 Å². The first kappa shape index (κ1) is 27.9.